The molecular formula is C13H15NO2. The molecule has 3 nitrogen and oxygen atoms in total. The van der Waals surface area contributed by atoms with Gasteiger partial charge in [-0.15, -0.1) is 0 Å². The number of benzene rings is 1. The molecule has 0 saturated carbocycles. The number of fused-ring (bicyclic) bond motifs is 1. The van der Waals surface area contributed by atoms with Crippen molar-refractivity contribution in [2.24, 2.45) is 5.73 Å². The maximum absolute atomic E-state index is 11.2. The fraction of sp³-hybridized carbons (Fsp3) is 0.308. The quantitative estimate of drug-likeness (QED) is 0.781. The highest BCUT2D eigenvalue weighted by Gasteiger charge is 2.20. The molecule has 1 aliphatic carbocycles. The number of hydrogen-bond acceptors (Lipinski definition) is 3. The Morgan fingerprint density at radius 2 is 2.25 bits per heavy atom. The van der Waals surface area contributed by atoms with E-state index in [1.165, 1.54) is 18.2 Å². The van der Waals surface area contributed by atoms with Crippen LogP contribution in [0.25, 0.3) is 5.57 Å². The summed E-state index contributed by atoms with van der Waals surface area (Å²) in [6, 6.07) is 7.63. The van der Waals surface area contributed by atoms with Crippen LogP contribution in [0.1, 0.15) is 17.5 Å². The Kier molecular flexibility index (Phi) is 3.06. The molecular weight excluding hydrogens is 202 g/mol. The number of hydrogen-bond donors (Lipinski definition) is 1. The number of rotatable bonds is 3. The molecule has 0 unspecified atom stereocenters. The molecule has 0 saturated heterocycles. The molecule has 0 aromatic heterocycles. The standard InChI is InChI=1S/C13H15NO2/c1-16-13(15)12(14)8-10-7-6-9-4-2-3-5-11(9)10/h2-5,7,12H,6,8,14H2,1H3/t12-/m0/s1. The van der Waals surface area contributed by atoms with E-state index in [4.69, 9.17) is 5.73 Å². The number of allylic oxidation sites excluding steroid dienone is 1. The van der Waals surface area contributed by atoms with E-state index < -0.39 is 6.04 Å². The van der Waals surface area contributed by atoms with Crippen LogP contribution in [0.5, 0.6) is 0 Å². The van der Waals surface area contributed by atoms with Crippen molar-refractivity contribution in [1.29, 1.82) is 0 Å². The van der Waals surface area contributed by atoms with Gasteiger partial charge < -0.3 is 10.5 Å². The predicted molar refractivity (Wildman–Crippen MR) is 62.7 cm³/mol. The topological polar surface area (TPSA) is 52.3 Å². The van der Waals surface area contributed by atoms with Gasteiger partial charge in [0.2, 0.25) is 0 Å². The van der Waals surface area contributed by atoms with Gasteiger partial charge in [0, 0.05) is 0 Å². The first-order valence-electron chi connectivity index (χ1n) is 5.33. The average molecular weight is 217 g/mol. The van der Waals surface area contributed by atoms with E-state index in [1.54, 1.807) is 0 Å². The molecule has 2 N–H and O–H groups in total. The number of carbonyl (C=O) groups excluding carboxylic acids is 1. The van der Waals surface area contributed by atoms with E-state index in [0.717, 1.165) is 12.0 Å². The zero-order valence-corrected chi connectivity index (χ0v) is 9.27. The van der Waals surface area contributed by atoms with Crippen LogP contribution in [-0.2, 0) is 16.0 Å². The molecule has 1 aromatic rings. The van der Waals surface area contributed by atoms with E-state index in [2.05, 4.69) is 22.9 Å². The minimum atomic E-state index is -0.567. The van der Waals surface area contributed by atoms with Crippen molar-refractivity contribution < 1.29 is 9.53 Å². The second-order valence-corrected chi connectivity index (χ2v) is 3.92. The SMILES string of the molecule is COC(=O)[C@@H](N)CC1=CCc2ccccc21. The van der Waals surface area contributed by atoms with Crippen molar-refractivity contribution in [2.45, 2.75) is 18.9 Å². The van der Waals surface area contributed by atoms with Gasteiger partial charge in [0.25, 0.3) is 0 Å². The fourth-order valence-corrected chi connectivity index (χ4v) is 2.02. The van der Waals surface area contributed by atoms with Crippen LogP contribution in [-0.4, -0.2) is 19.1 Å². The summed E-state index contributed by atoms with van der Waals surface area (Å²) >= 11 is 0. The van der Waals surface area contributed by atoms with Gasteiger partial charge in [0.15, 0.2) is 0 Å². The van der Waals surface area contributed by atoms with E-state index in [-0.39, 0.29) is 5.97 Å². The van der Waals surface area contributed by atoms with Crippen LogP contribution in [0.2, 0.25) is 0 Å². The van der Waals surface area contributed by atoms with Crippen LogP contribution in [0.3, 0.4) is 0 Å². The average Bonchev–Trinajstić information content (AvgIpc) is 2.72. The van der Waals surface area contributed by atoms with Gasteiger partial charge in [-0.2, -0.15) is 0 Å². The molecule has 0 bridgehead atoms. The molecule has 16 heavy (non-hydrogen) atoms. The molecule has 0 radical (unpaired) electrons. The van der Waals surface area contributed by atoms with Gasteiger partial charge in [-0.1, -0.05) is 30.3 Å². The molecule has 2 rings (SSSR count). The van der Waals surface area contributed by atoms with E-state index in [0.29, 0.717) is 6.42 Å². The molecule has 0 amide bonds. The molecule has 1 atom stereocenters. The second kappa shape index (κ2) is 4.49. The van der Waals surface area contributed by atoms with Crippen molar-refractivity contribution in [3.63, 3.8) is 0 Å². The highest BCUT2D eigenvalue weighted by molar-refractivity contribution is 5.81. The third-order valence-corrected chi connectivity index (χ3v) is 2.88. The summed E-state index contributed by atoms with van der Waals surface area (Å²) in [5.74, 6) is -0.356. The Morgan fingerprint density at radius 3 is 3.00 bits per heavy atom. The summed E-state index contributed by atoms with van der Waals surface area (Å²) in [4.78, 5) is 11.2. The first kappa shape index (κ1) is 10.9. The van der Waals surface area contributed by atoms with Crippen molar-refractivity contribution in [3.8, 4) is 0 Å². The molecule has 0 heterocycles. The summed E-state index contributed by atoms with van der Waals surface area (Å²) in [5.41, 5.74) is 9.41. The lowest BCUT2D eigenvalue weighted by Gasteiger charge is -2.11. The first-order chi connectivity index (χ1) is 7.72. The van der Waals surface area contributed by atoms with E-state index in [9.17, 15) is 4.79 Å². The van der Waals surface area contributed by atoms with Crippen molar-refractivity contribution in [1.82, 2.24) is 0 Å². The minimum absolute atomic E-state index is 0.356. The van der Waals surface area contributed by atoms with Crippen LogP contribution in [0.4, 0.5) is 0 Å². The predicted octanol–water partition coefficient (Wildman–Crippen LogP) is 1.52. The zero-order valence-electron chi connectivity index (χ0n) is 9.27. The number of carbonyl (C=O) groups is 1. The smallest absolute Gasteiger partial charge is 0.322 e. The molecule has 1 aliphatic rings. The lowest BCUT2D eigenvalue weighted by molar-refractivity contribution is -0.142. The number of methoxy groups -OCH3 is 1. The summed E-state index contributed by atoms with van der Waals surface area (Å²) in [6.45, 7) is 0. The van der Waals surface area contributed by atoms with Gasteiger partial charge >= 0.3 is 5.97 Å². The summed E-state index contributed by atoms with van der Waals surface area (Å²) in [6.07, 6.45) is 3.61. The third-order valence-electron chi connectivity index (χ3n) is 2.88. The maximum atomic E-state index is 11.2. The minimum Gasteiger partial charge on any atom is -0.468 e. The fourth-order valence-electron chi connectivity index (χ4n) is 2.02. The van der Waals surface area contributed by atoms with Gasteiger partial charge in [-0.3, -0.25) is 4.79 Å². The van der Waals surface area contributed by atoms with Crippen molar-refractivity contribution >= 4 is 11.5 Å². The number of esters is 1. The molecule has 3 heteroatoms. The monoisotopic (exact) mass is 217 g/mol. The Hall–Kier alpha value is -1.61. The van der Waals surface area contributed by atoms with Gasteiger partial charge in [-0.05, 0) is 29.5 Å². The number of ether oxygens (including phenoxy) is 1. The van der Waals surface area contributed by atoms with Crippen molar-refractivity contribution in [2.75, 3.05) is 7.11 Å². The summed E-state index contributed by atoms with van der Waals surface area (Å²) in [5, 5.41) is 0. The highest BCUT2D eigenvalue weighted by atomic mass is 16.5. The molecule has 0 spiro atoms. The molecule has 84 valence electrons. The third kappa shape index (κ3) is 1.99. The molecule has 1 aromatic carbocycles. The molecule has 0 fully saturated rings. The Morgan fingerprint density at radius 1 is 1.50 bits per heavy atom. The zero-order chi connectivity index (χ0) is 11.5. The van der Waals surface area contributed by atoms with Crippen LogP contribution in [0, 0.1) is 0 Å². The Balaban J connectivity index is 2.11. The van der Waals surface area contributed by atoms with E-state index >= 15 is 0 Å². The van der Waals surface area contributed by atoms with Crippen LogP contribution < -0.4 is 5.73 Å². The lowest BCUT2D eigenvalue weighted by Crippen LogP contribution is -2.31. The Labute approximate surface area is 94.9 Å². The molecule has 0 aliphatic heterocycles. The summed E-state index contributed by atoms with van der Waals surface area (Å²) in [7, 11) is 1.36. The maximum Gasteiger partial charge on any atom is 0.322 e. The lowest BCUT2D eigenvalue weighted by atomic mass is 10.0. The van der Waals surface area contributed by atoms with Crippen LogP contribution >= 0.6 is 0 Å². The normalized spacial score (nSPS) is 15.2. The van der Waals surface area contributed by atoms with Crippen LogP contribution in [0.15, 0.2) is 30.3 Å². The van der Waals surface area contributed by atoms with Gasteiger partial charge in [0.05, 0.1) is 7.11 Å². The second-order valence-electron chi connectivity index (χ2n) is 3.92. The number of nitrogens with two attached hydrogens (primary N) is 1. The van der Waals surface area contributed by atoms with Gasteiger partial charge in [-0.25, -0.2) is 0 Å². The summed E-state index contributed by atoms with van der Waals surface area (Å²) < 4.78 is 4.62. The van der Waals surface area contributed by atoms with Gasteiger partial charge in [0.1, 0.15) is 6.04 Å². The van der Waals surface area contributed by atoms with E-state index in [1.807, 2.05) is 12.1 Å². The largest absolute Gasteiger partial charge is 0.468 e. The first-order valence-corrected chi connectivity index (χ1v) is 5.33. The Bertz CT molecular complexity index is 437. The highest BCUT2D eigenvalue weighted by Crippen LogP contribution is 2.30. The van der Waals surface area contributed by atoms with Crippen molar-refractivity contribution in [3.05, 3.63) is 41.5 Å².